The summed E-state index contributed by atoms with van der Waals surface area (Å²) in [5.74, 6) is -0.0239. The minimum Gasteiger partial charge on any atom is -0.371 e. The summed E-state index contributed by atoms with van der Waals surface area (Å²) >= 11 is 0. The SMILES string of the molecule is CN(C)CCCNC(=O)c1ccccc1N1CCC(NC(=O)NC(C)(C)C)CC1. The number of hydrogen-bond acceptors (Lipinski definition) is 4. The van der Waals surface area contributed by atoms with Gasteiger partial charge in [-0.05, 0) is 72.8 Å². The van der Waals surface area contributed by atoms with Crippen LogP contribution in [-0.4, -0.2) is 68.7 Å². The molecule has 162 valence electrons. The number of para-hydroxylation sites is 1. The Kier molecular flexibility index (Phi) is 8.32. The van der Waals surface area contributed by atoms with Gasteiger partial charge in [0.2, 0.25) is 0 Å². The molecule has 2 rings (SSSR count). The number of nitrogens with one attached hydrogen (secondary N) is 3. The maximum Gasteiger partial charge on any atom is 0.315 e. The van der Waals surface area contributed by atoms with Crippen LogP contribution in [0.3, 0.4) is 0 Å². The molecule has 1 aliphatic heterocycles. The number of carbonyl (C=O) groups excluding carboxylic acids is 2. The average molecular weight is 404 g/mol. The number of piperidine rings is 1. The maximum absolute atomic E-state index is 12.7. The molecule has 3 amide bonds. The van der Waals surface area contributed by atoms with Gasteiger partial charge in [0.05, 0.1) is 5.56 Å². The molecule has 0 bridgehead atoms. The molecule has 0 aliphatic carbocycles. The van der Waals surface area contributed by atoms with Gasteiger partial charge >= 0.3 is 6.03 Å². The van der Waals surface area contributed by atoms with Crippen molar-refractivity contribution in [2.45, 2.75) is 51.6 Å². The van der Waals surface area contributed by atoms with Crippen LogP contribution in [0.2, 0.25) is 0 Å². The molecule has 0 aromatic heterocycles. The lowest BCUT2D eigenvalue weighted by Crippen LogP contribution is -2.52. The van der Waals surface area contributed by atoms with Gasteiger partial charge in [0, 0.05) is 36.9 Å². The van der Waals surface area contributed by atoms with Gasteiger partial charge < -0.3 is 25.8 Å². The normalized spacial score (nSPS) is 15.3. The highest BCUT2D eigenvalue weighted by Crippen LogP contribution is 2.24. The predicted octanol–water partition coefficient (Wildman–Crippen LogP) is 2.43. The van der Waals surface area contributed by atoms with E-state index in [2.05, 4.69) is 25.8 Å². The molecule has 3 N–H and O–H groups in total. The molecule has 1 heterocycles. The molecular weight excluding hydrogens is 366 g/mol. The first-order valence-electron chi connectivity index (χ1n) is 10.5. The van der Waals surface area contributed by atoms with Crippen LogP contribution in [0.5, 0.6) is 0 Å². The van der Waals surface area contributed by atoms with Crippen molar-refractivity contribution >= 4 is 17.6 Å². The van der Waals surface area contributed by atoms with Crippen LogP contribution in [-0.2, 0) is 0 Å². The van der Waals surface area contributed by atoms with Gasteiger partial charge in [-0.3, -0.25) is 4.79 Å². The quantitative estimate of drug-likeness (QED) is 0.611. The van der Waals surface area contributed by atoms with Crippen molar-refractivity contribution in [3.8, 4) is 0 Å². The first-order valence-corrected chi connectivity index (χ1v) is 10.5. The monoisotopic (exact) mass is 403 g/mol. The molecule has 0 atom stereocenters. The number of amides is 3. The third kappa shape index (κ3) is 7.93. The second-order valence-electron chi connectivity index (χ2n) is 9.04. The molecule has 1 fully saturated rings. The Morgan fingerprint density at radius 2 is 1.79 bits per heavy atom. The first-order chi connectivity index (χ1) is 13.7. The van der Waals surface area contributed by atoms with Gasteiger partial charge in [-0.25, -0.2) is 4.79 Å². The van der Waals surface area contributed by atoms with Crippen molar-refractivity contribution in [2.24, 2.45) is 0 Å². The number of nitrogens with zero attached hydrogens (tertiary/aromatic N) is 2. The number of anilines is 1. The molecule has 1 saturated heterocycles. The van der Waals surface area contributed by atoms with Crippen molar-refractivity contribution < 1.29 is 9.59 Å². The molecular formula is C22H37N5O2. The summed E-state index contributed by atoms with van der Waals surface area (Å²) < 4.78 is 0. The topological polar surface area (TPSA) is 76.7 Å². The van der Waals surface area contributed by atoms with Crippen molar-refractivity contribution in [2.75, 3.05) is 45.2 Å². The molecule has 7 nitrogen and oxygen atoms in total. The Labute approximate surface area is 175 Å². The molecule has 29 heavy (non-hydrogen) atoms. The highest BCUT2D eigenvalue weighted by Gasteiger charge is 2.24. The van der Waals surface area contributed by atoms with E-state index >= 15 is 0 Å². The Balaban J connectivity index is 1.89. The van der Waals surface area contributed by atoms with E-state index in [0.717, 1.165) is 44.6 Å². The Bertz CT molecular complexity index is 676. The Morgan fingerprint density at radius 1 is 1.14 bits per heavy atom. The van der Waals surface area contributed by atoms with Crippen LogP contribution in [0.1, 0.15) is 50.4 Å². The van der Waals surface area contributed by atoms with E-state index in [1.54, 1.807) is 0 Å². The fraction of sp³-hybridized carbons (Fsp3) is 0.636. The highest BCUT2D eigenvalue weighted by atomic mass is 16.2. The lowest BCUT2D eigenvalue weighted by atomic mass is 10.0. The smallest absolute Gasteiger partial charge is 0.315 e. The third-order valence-electron chi connectivity index (χ3n) is 4.88. The largest absolute Gasteiger partial charge is 0.371 e. The minimum absolute atomic E-state index is 0.0239. The van der Waals surface area contributed by atoms with E-state index < -0.39 is 0 Å². The van der Waals surface area contributed by atoms with Crippen LogP contribution in [0.25, 0.3) is 0 Å². The zero-order valence-electron chi connectivity index (χ0n) is 18.5. The van der Waals surface area contributed by atoms with Crippen LogP contribution in [0.15, 0.2) is 24.3 Å². The second kappa shape index (κ2) is 10.5. The third-order valence-corrected chi connectivity index (χ3v) is 4.88. The zero-order valence-corrected chi connectivity index (χ0v) is 18.5. The summed E-state index contributed by atoms with van der Waals surface area (Å²) in [5, 5.41) is 9.05. The number of benzene rings is 1. The van der Waals surface area contributed by atoms with Crippen LogP contribution >= 0.6 is 0 Å². The molecule has 1 aromatic carbocycles. The van der Waals surface area contributed by atoms with E-state index in [4.69, 9.17) is 0 Å². The van der Waals surface area contributed by atoms with Crippen LogP contribution in [0, 0.1) is 0 Å². The highest BCUT2D eigenvalue weighted by molar-refractivity contribution is 5.99. The summed E-state index contributed by atoms with van der Waals surface area (Å²) in [4.78, 5) is 29.1. The summed E-state index contributed by atoms with van der Waals surface area (Å²) in [6.45, 7) is 9.15. The fourth-order valence-corrected chi connectivity index (χ4v) is 3.46. The summed E-state index contributed by atoms with van der Waals surface area (Å²) in [5.41, 5.74) is 1.44. The molecule has 0 spiro atoms. The number of carbonyl (C=O) groups is 2. The average Bonchev–Trinajstić information content (AvgIpc) is 2.64. The molecule has 7 heteroatoms. The molecule has 0 radical (unpaired) electrons. The Hall–Kier alpha value is -2.28. The fourth-order valence-electron chi connectivity index (χ4n) is 3.46. The van der Waals surface area contributed by atoms with Crippen LogP contribution in [0.4, 0.5) is 10.5 Å². The van der Waals surface area contributed by atoms with Gasteiger partial charge in [-0.2, -0.15) is 0 Å². The van der Waals surface area contributed by atoms with Crippen molar-refractivity contribution in [1.82, 2.24) is 20.9 Å². The van der Waals surface area contributed by atoms with Gasteiger partial charge in [-0.15, -0.1) is 0 Å². The summed E-state index contributed by atoms with van der Waals surface area (Å²) in [7, 11) is 4.06. The van der Waals surface area contributed by atoms with E-state index in [1.165, 1.54) is 0 Å². The minimum atomic E-state index is -0.246. The van der Waals surface area contributed by atoms with Gasteiger partial charge in [-0.1, -0.05) is 12.1 Å². The maximum atomic E-state index is 12.7. The summed E-state index contributed by atoms with van der Waals surface area (Å²) in [6, 6.07) is 7.81. The van der Waals surface area contributed by atoms with Gasteiger partial charge in [0.25, 0.3) is 5.91 Å². The Morgan fingerprint density at radius 3 is 2.41 bits per heavy atom. The lowest BCUT2D eigenvalue weighted by Gasteiger charge is -2.35. The van der Waals surface area contributed by atoms with Gasteiger partial charge in [0.1, 0.15) is 0 Å². The standard InChI is InChI=1S/C22H37N5O2/c1-22(2,3)25-21(29)24-17-11-15-27(16-12-17)19-10-7-6-9-18(19)20(28)23-13-8-14-26(4)5/h6-7,9-10,17H,8,11-16H2,1-5H3,(H,23,28)(H2,24,25,29). The number of rotatable bonds is 7. The van der Waals surface area contributed by atoms with E-state index in [1.807, 2.05) is 59.1 Å². The van der Waals surface area contributed by atoms with E-state index in [0.29, 0.717) is 12.1 Å². The van der Waals surface area contributed by atoms with Crippen molar-refractivity contribution in [3.63, 3.8) is 0 Å². The molecule has 1 aliphatic rings. The molecule has 0 unspecified atom stereocenters. The summed E-state index contributed by atoms with van der Waals surface area (Å²) in [6.07, 6.45) is 2.64. The molecule has 1 aromatic rings. The van der Waals surface area contributed by atoms with Crippen molar-refractivity contribution in [3.05, 3.63) is 29.8 Å². The molecule has 0 saturated carbocycles. The number of hydrogen-bond donors (Lipinski definition) is 3. The number of urea groups is 1. The van der Waals surface area contributed by atoms with Crippen LogP contribution < -0.4 is 20.9 Å². The lowest BCUT2D eigenvalue weighted by molar-refractivity contribution is 0.0952. The van der Waals surface area contributed by atoms with E-state index in [-0.39, 0.29) is 23.5 Å². The van der Waals surface area contributed by atoms with E-state index in [9.17, 15) is 9.59 Å². The first kappa shape index (κ1) is 23.0. The van der Waals surface area contributed by atoms with Crippen molar-refractivity contribution in [1.29, 1.82) is 0 Å². The second-order valence-corrected chi connectivity index (χ2v) is 9.04. The van der Waals surface area contributed by atoms with Gasteiger partial charge in [0.15, 0.2) is 0 Å². The zero-order chi connectivity index (χ0) is 21.4. The predicted molar refractivity (Wildman–Crippen MR) is 119 cm³/mol.